The summed E-state index contributed by atoms with van der Waals surface area (Å²) in [6.07, 6.45) is 0.261. The van der Waals surface area contributed by atoms with Crippen LogP contribution in [0.2, 0.25) is 5.02 Å². The number of rotatable bonds is 1. The Labute approximate surface area is 67.2 Å². The zero-order valence-corrected chi connectivity index (χ0v) is 6.10. The smallest absolute Gasteiger partial charge is 0.154 e. The van der Waals surface area contributed by atoms with E-state index in [0.29, 0.717) is 0 Å². The molecule has 0 heterocycles. The third-order valence-corrected chi connectivity index (χ3v) is 1.62. The van der Waals surface area contributed by atoms with Crippen LogP contribution in [0.3, 0.4) is 0 Å². The van der Waals surface area contributed by atoms with Crippen molar-refractivity contribution in [2.75, 3.05) is 0 Å². The second kappa shape index (κ2) is 2.88. The zero-order chi connectivity index (χ0) is 8.43. The molecule has 58 valence electrons. The Morgan fingerprint density at radius 3 is 2.64 bits per heavy atom. The fourth-order valence-corrected chi connectivity index (χ4v) is 0.864. The Hall–Kier alpha value is -1.09. The van der Waals surface area contributed by atoms with Crippen molar-refractivity contribution in [1.29, 1.82) is 0 Å². The highest BCUT2D eigenvalue weighted by atomic mass is 35.5. The molecule has 0 spiro atoms. The summed E-state index contributed by atoms with van der Waals surface area (Å²) in [7, 11) is 0. The van der Waals surface area contributed by atoms with Crippen LogP contribution in [0.4, 0.5) is 4.39 Å². The molecule has 0 aliphatic rings. The average molecular weight is 175 g/mol. The molecule has 0 aromatic heterocycles. The Bertz CT molecular complexity index is 299. The van der Waals surface area contributed by atoms with E-state index in [4.69, 9.17) is 16.7 Å². The minimum Gasteiger partial charge on any atom is -0.506 e. The van der Waals surface area contributed by atoms with Crippen molar-refractivity contribution in [2.45, 2.75) is 0 Å². The number of carbonyl (C=O) groups excluding carboxylic acids is 1. The standard InChI is InChI=1S/C7H4ClFO2/c8-7-4(3-10)5(9)1-2-6(7)11/h1-3,11H. The van der Waals surface area contributed by atoms with Gasteiger partial charge in [-0.2, -0.15) is 0 Å². The van der Waals surface area contributed by atoms with E-state index in [1.807, 2.05) is 0 Å². The van der Waals surface area contributed by atoms with Crippen LogP contribution in [-0.4, -0.2) is 11.4 Å². The Morgan fingerprint density at radius 2 is 2.18 bits per heavy atom. The van der Waals surface area contributed by atoms with Crippen LogP contribution in [0.25, 0.3) is 0 Å². The molecule has 0 amide bonds. The second-order valence-corrected chi connectivity index (χ2v) is 2.29. The molecular weight excluding hydrogens is 171 g/mol. The Morgan fingerprint density at radius 1 is 1.55 bits per heavy atom. The number of halogens is 2. The SMILES string of the molecule is O=Cc1c(F)ccc(O)c1Cl. The number of aromatic hydroxyl groups is 1. The Balaban J connectivity index is 3.40. The van der Waals surface area contributed by atoms with Gasteiger partial charge in [-0.15, -0.1) is 0 Å². The van der Waals surface area contributed by atoms with E-state index in [9.17, 15) is 9.18 Å². The van der Waals surface area contributed by atoms with Crippen molar-refractivity contribution in [2.24, 2.45) is 0 Å². The first kappa shape index (κ1) is 8.01. The molecule has 1 aromatic carbocycles. The maximum Gasteiger partial charge on any atom is 0.154 e. The first-order valence-electron chi connectivity index (χ1n) is 2.79. The normalized spacial score (nSPS) is 9.64. The molecule has 0 saturated carbocycles. The molecule has 0 saturated heterocycles. The van der Waals surface area contributed by atoms with Crippen LogP contribution >= 0.6 is 11.6 Å². The van der Waals surface area contributed by atoms with Gasteiger partial charge in [0.15, 0.2) is 6.29 Å². The van der Waals surface area contributed by atoms with Crippen molar-refractivity contribution in [3.63, 3.8) is 0 Å². The van der Waals surface area contributed by atoms with E-state index in [2.05, 4.69) is 0 Å². The van der Waals surface area contributed by atoms with Gasteiger partial charge in [-0.05, 0) is 12.1 Å². The largest absolute Gasteiger partial charge is 0.506 e. The van der Waals surface area contributed by atoms with E-state index < -0.39 is 5.82 Å². The van der Waals surface area contributed by atoms with Crippen LogP contribution in [0.5, 0.6) is 5.75 Å². The van der Waals surface area contributed by atoms with E-state index in [1.54, 1.807) is 0 Å². The van der Waals surface area contributed by atoms with Crippen LogP contribution in [0.1, 0.15) is 10.4 Å². The van der Waals surface area contributed by atoms with Crippen LogP contribution < -0.4 is 0 Å². The summed E-state index contributed by atoms with van der Waals surface area (Å²) in [4.78, 5) is 10.2. The minimum atomic E-state index is -0.734. The van der Waals surface area contributed by atoms with Crippen molar-refractivity contribution >= 4 is 17.9 Å². The number of phenols is 1. The fourth-order valence-electron chi connectivity index (χ4n) is 0.666. The minimum absolute atomic E-state index is 0.250. The van der Waals surface area contributed by atoms with Crippen molar-refractivity contribution in [3.05, 3.63) is 28.5 Å². The summed E-state index contributed by atoms with van der Waals surface area (Å²) in [5, 5.41) is 8.65. The lowest BCUT2D eigenvalue weighted by atomic mass is 10.2. The van der Waals surface area contributed by atoms with Crippen molar-refractivity contribution < 1.29 is 14.3 Å². The molecule has 4 heteroatoms. The number of carbonyl (C=O) groups is 1. The fraction of sp³-hybridized carbons (Fsp3) is 0. The van der Waals surface area contributed by atoms with Crippen molar-refractivity contribution in [3.8, 4) is 5.75 Å². The van der Waals surface area contributed by atoms with Gasteiger partial charge in [0.2, 0.25) is 0 Å². The number of benzene rings is 1. The second-order valence-electron chi connectivity index (χ2n) is 1.91. The highest BCUT2D eigenvalue weighted by molar-refractivity contribution is 6.34. The van der Waals surface area contributed by atoms with E-state index in [-0.39, 0.29) is 22.6 Å². The quantitative estimate of drug-likeness (QED) is 0.662. The van der Waals surface area contributed by atoms with Gasteiger partial charge in [0.05, 0.1) is 10.6 Å². The molecule has 0 fully saturated rings. The summed E-state index contributed by atoms with van der Waals surface area (Å²) in [5.41, 5.74) is -0.313. The van der Waals surface area contributed by atoms with Gasteiger partial charge in [0.1, 0.15) is 11.6 Å². The van der Waals surface area contributed by atoms with Gasteiger partial charge in [0, 0.05) is 0 Å². The first-order chi connectivity index (χ1) is 5.16. The van der Waals surface area contributed by atoms with Crippen LogP contribution in [-0.2, 0) is 0 Å². The third-order valence-electron chi connectivity index (χ3n) is 1.22. The first-order valence-corrected chi connectivity index (χ1v) is 3.16. The lowest BCUT2D eigenvalue weighted by molar-refractivity contribution is 0.111. The highest BCUT2D eigenvalue weighted by Crippen LogP contribution is 2.27. The molecule has 0 radical (unpaired) electrons. The summed E-state index contributed by atoms with van der Waals surface area (Å²) in [6.45, 7) is 0. The van der Waals surface area contributed by atoms with Gasteiger partial charge < -0.3 is 5.11 Å². The van der Waals surface area contributed by atoms with Gasteiger partial charge >= 0.3 is 0 Å². The molecule has 1 N–H and O–H groups in total. The van der Waals surface area contributed by atoms with Gasteiger partial charge in [-0.1, -0.05) is 11.6 Å². The number of hydrogen-bond donors (Lipinski definition) is 1. The molecular formula is C7H4ClFO2. The molecule has 0 aliphatic heterocycles. The molecule has 2 nitrogen and oxygen atoms in total. The van der Waals surface area contributed by atoms with Gasteiger partial charge in [0.25, 0.3) is 0 Å². The average Bonchev–Trinajstić information content (AvgIpc) is 1.99. The van der Waals surface area contributed by atoms with Gasteiger partial charge in [-0.25, -0.2) is 4.39 Å². The summed E-state index contributed by atoms with van der Waals surface area (Å²) < 4.78 is 12.6. The Kier molecular flexibility index (Phi) is 2.10. The van der Waals surface area contributed by atoms with Crippen LogP contribution in [0, 0.1) is 5.82 Å². The van der Waals surface area contributed by atoms with Crippen molar-refractivity contribution in [1.82, 2.24) is 0 Å². The number of phenolic OH excluding ortho intramolecular Hbond substituents is 1. The molecule has 11 heavy (non-hydrogen) atoms. The van der Waals surface area contributed by atoms with E-state index in [1.165, 1.54) is 0 Å². The zero-order valence-electron chi connectivity index (χ0n) is 5.34. The molecule has 0 unspecified atom stereocenters. The molecule has 0 aliphatic carbocycles. The molecule has 1 aromatic rings. The van der Waals surface area contributed by atoms with E-state index in [0.717, 1.165) is 12.1 Å². The monoisotopic (exact) mass is 174 g/mol. The molecule has 0 bridgehead atoms. The predicted octanol–water partition coefficient (Wildman–Crippen LogP) is 2.00. The lowest BCUT2D eigenvalue weighted by Gasteiger charge is -1.99. The number of hydrogen-bond acceptors (Lipinski definition) is 2. The maximum absolute atomic E-state index is 12.6. The molecule has 0 atom stereocenters. The highest BCUT2D eigenvalue weighted by Gasteiger charge is 2.09. The lowest BCUT2D eigenvalue weighted by Crippen LogP contribution is -1.88. The van der Waals surface area contributed by atoms with Gasteiger partial charge in [-0.3, -0.25) is 4.79 Å². The summed E-state index contributed by atoms with van der Waals surface area (Å²) in [5.74, 6) is -1.03. The molecule has 1 rings (SSSR count). The van der Waals surface area contributed by atoms with E-state index >= 15 is 0 Å². The number of aldehydes is 1. The summed E-state index contributed by atoms with van der Waals surface area (Å²) >= 11 is 5.38. The predicted molar refractivity (Wildman–Crippen MR) is 38.5 cm³/mol. The van der Waals surface area contributed by atoms with Crippen LogP contribution in [0.15, 0.2) is 12.1 Å². The maximum atomic E-state index is 12.6. The summed E-state index contributed by atoms with van der Waals surface area (Å²) in [6, 6.07) is 2.07. The topological polar surface area (TPSA) is 37.3 Å². The third kappa shape index (κ3) is 1.33.